The van der Waals surface area contributed by atoms with Crippen LogP contribution in [-0.2, 0) is 4.79 Å². The number of hydrogen-bond donors (Lipinski definition) is 1. The van der Waals surface area contributed by atoms with E-state index in [1.54, 1.807) is 0 Å². The molecule has 0 aliphatic carbocycles. The van der Waals surface area contributed by atoms with Crippen molar-refractivity contribution in [2.45, 2.75) is 69.8 Å². The van der Waals surface area contributed by atoms with Gasteiger partial charge in [-0.2, -0.15) is 0 Å². The molecule has 0 spiro atoms. The van der Waals surface area contributed by atoms with E-state index in [4.69, 9.17) is 0 Å². The third-order valence-electron chi connectivity index (χ3n) is 5.29. The van der Waals surface area contributed by atoms with Crippen LogP contribution in [0.2, 0.25) is 0 Å². The molecule has 6 nitrogen and oxygen atoms in total. The van der Waals surface area contributed by atoms with E-state index in [2.05, 4.69) is 63.1 Å². The molecule has 1 amide bonds. The van der Waals surface area contributed by atoms with Crippen LogP contribution in [0.1, 0.15) is 52.5 Å². The molecule has 1 fully saturated rings. The maximum atomic E-state index is 12.7. The van der Waals surface area contributed by atoms with Crippen LogP contribution in [-0.4, -0.2) is 44.6 Å². The zero-order valence-corrected chi connectivity index (χ0v) is 18.3. The highest BCUT2D eigenvalue weighted by Gasteiger charge is 2.27. The molecule has 7 heteroatoms. The zero-order chi connectivity index (χ0) is 20.3. The van der Waals surface area contributed by atoms with Gasteiger partial charge in [-0.1, -0.05) is 36.4 Å². The molecule has 0 radical (unpaired) electrons. The van der Waals surface area contributed by atoms with Crippen LogP contribution in [0.5, 0.6) is 0 Å². The van der Waals surface area contributed by atoms with Gasteiger partial charge in [0.05, 0.1) is 10.9 Å². The fourth-order valence-corrected chi connectivity index (χ4v) is 3.98. The van der Waals surface area contributed by atoms with E-state index in [-0.39, 0.29) is 16.7 Å². The first kappa shape index (κ1) is 20.7. The van der Waals surface area contributed by atoms with Crippen molar-refractivity contribution in [2.75, 3.05) is 18.0 Å². The number of carbonyl (C=O) groups is 1. The van der Waals surface area contributed by atoms with Gasteiger partial charge in [0.1, 0.15) is 0 Å². The van der Waals surface area contributed by atoms with Crippen LogP contribution in [0, 0.1) is 6.92 Å². The number of thioether (sulfide) groups is 1. The number of carbonyl (C=O) groups excluding carboxylic acids is 1. The van der Waals surface area contributed by atoms with E-state index >= 15 is 0 Å². The average molecular weight is 402 g/mol. The van der Waals surface area contributed by atoms with Crippen molar-refractivity contribution in [1.29, 1.82) is 0 Å². The lowest BCUT2D eigenvalue weighted by atomic mass is 10.0. The second kappa shape index (κ2) is 8.55. The molecule has 1 unspecified atom stereocenters. The van der Waals surface area contributed by atoms with E-state index in [1.807, 2.05) is 20.8 Å². The average Bonchev–Trinajstić information content (AvgIpc) is 3.32. The Morgan fingerprint density at radius 3 is 2.46 bits per heavy atom. The molecule has 1 aliphatic rings. The largest absolute Gasteiger partial charge is 0.350 e. The highest BCUT2D eigenvalue weighted by molar-refractivity contribution is 8.00. The minimum Gasteiger partial charge on any atom is -0.350 e. The quantitative estimate of drug-likeness (QED) is 0.712. The van der Waals surface area contributed by atoms with Crippen LogP contribution < -0.4 is 10.2 Å². The Kier molecular flexibility index (Phi) is 6.33. The number of amides is 1. The molecule has 28 heavy (non-hydrogen) atoms. The molecule has 2 aromatic rings. The van der Waals surface area contributed by atoms with Crippen molar-refractivity contribution in [2.24, 2.45) is 0 Å². The smallest absolute Gasteiger partial charge is 0.233 e. The predicted molar refractivity (Wildman–Crippen MR) is 115 cm³/mol. The maximum Gasteiger partial charge on any atom is 0.233 e. The van der Waals surface area contributed by atoms with Crippen LogP contribution in [0.15, 0.2) is 29.4 Å². The molecular formula is C21H31N5OS. The molecule has 1 aromatic carbocycles. The van der Waals surface area contributed by atoms with Gasteiger partial charge in [-0.15, -0.1) is 10.2 Å². The van der Waals surface area contributed by atoms with Crippen LogP contribution in [0.3, 0.4) is 0 Å². The normalized spacial score (nSPS) is 15.7. The minimum atomic E-state index is -0.259. The van der Waals surface area contributed by atoms with Crippen molar-refractivity contribution in [3.8, 4) is 5.69 Å². The molecule has 3 rings (SSSR count). The minimum absolute atomic E-state index is 0.0260. The Morgan fingerprint density at radius 1 is 1.21 bits per heavy atom. The second-order valence-electron chi connectivity index (χ2n) is 8.13. The lowest BCUT2D eigenvalue weighted by Gasteiger charge is -2.26. The number of anilines is 1. The van der Waals surface area contributed by atoms with Crippen molar-refractivity contribution in [3.05, 3.63) is 29.8 Å². The van der Waals surface area contributed by atoms with Crippen molar-refractivity contribution < 1.29 is 4.79 Å². The lowest BCUT2D eigenvalue weighted by molar-refractivity contribution is -0.121. The molecular weight excluding hydrogens is 370 g/mol. The summed E-state index contributed by atoms with van der Waals surface area (Å²) >= 11 is 1.46. The van der Waals surface area contributed by atoms with Gasteiger partial charge >= 0.3 is 0 Å². The van der Waals surface area contributed by atoms with Crippen LogP contribution in [0.4, 0.5) is 5.95 Å². The van der Waals surface area contributed by atoms with Crippen LogP contribution >= 0.6 is 11.8 Å². The monoisotopic (exact) mass is 401 g/mol. The van der Waals surface area contributed by atoms with E-state index in [0.717, 1.165) is 36.3 Å². The lowest BCUT2D eigenvalue weighted by Crippen LogP contribution is -2.46. The SMILES string of the molecule is CCC(C)(C)NC(=O)C(C)Sc1nnc(N2CCCC2)n1-c1ccc(C)cc1. The van der Waals surface area contributed by atoms with E-state index in [1.165, 1.54) is 30.2 Å². The summed E-state index contributed by atoms with van der Waals surface area (Å²) in [6.07, 6.45) is 3.23. The Bertz CT molecular complexity index is 809. The summed E-state index contributed by atoms with van der Waals surface area (Å²) in [5.74, 6) is 0.892. The molecule has 1 N–H and O–H groups in total. The molecule has 1 aliphatic heterocycles. The Labute approximate surface area is 172 Å². The molecule has 152 valence electrons. The van der Waals surface area contributed by atoms with Gasteiger partial charge < -0.3 is 10.2 Å². The number of nitrogens with one attached hydrogen (secondary N) is 1. The van der Waals surface area contributed by atoms with Crippen LogP contribution in [0.25, 0.3) is 5.69 Å². The van der Waals surface area contributed by atoms with E-state index in [0.29, 0.717) is 0 Å². The Morgan fingerprint density at radius 2 is 1.86 bits per heavy atom. The molecule has 1 aromatic heterocycles. The number of aryl methyl sites for hydroxylation is 1. The Balaban J connectivity index is 1.88. The summed E-state index contributed by atoms with van der Waals surface area (Å²) < 4.78 is 2.09. The number of rotatable bonds is 7. The third-order valence-corrected chi connectivity index (χ3v) is 6.34. The first-order valence-electron chi connectivity index (χ1n) is 10.1. The summed E-state index contributed by atoms with van der Waals surface area (Å²) in [6.45, 7) is 12.2. The second-order valence-corrected chi connectivity index (χ2v) is 9.44. The predicted octanol–water partition coefficient (Wildman–Crippen LogP) is 3.96. The Hall–Kier alpha value is -2.02. The number of nitrogens with zero attached hydrogens (tertiary/aromatic N) is 4. The molecule has 1 atom stereocenters. The first-order chi connectivity index (χ1) is 13.3. The van der Waals surface area contributed by atoms with Gasteiger partial charge in [-0.05, 0) is 59.1 Å². The number of benzene rings is 1. The van der Waals surface area contributed by atoms with Crippen molar-refractivity contribution in [1.82, 2.24) is 20.1 Å². The molecule has 1 saturated heterocycles. The fraction of sp³-hybridized carbons (Fsp3) is 0.571. The number of aromatic nitrogens is 3. The topological polar surface area (TPSA) is 63.1 Å². The molecule has 0 bridgehead atoms. The highest BCUT2D eigenvalue weighted by atomic mass is 32.2. The van der Waals surface area contributed by atoms with E-state index < -0.39 is 0 Å². The third kappa shape index (κ3) is 4.69. The van der Waals surface area contributed by atoms with E-state index in [9.17, 15) is 4.79 Å². The first-order valence-corrected chi connectivity index (χ1v) is 10.9. The molecule has 0 saturated carbocycles. The van der Waals surface area contributed by atoms with Gasteiger partial charge in [0.25, 0.3) is 0 Å². The zero-order valence-electron chi connectivity index (χ0n) is 17.5. The van der Waals surface area contributed by atoms with Crippen molar-refractivity contribution >= 4 is 23.6 Å². The highest BCUT2D eigenvalue weighted by Crippen LogP contribution is 2.31. The standard InChI is InChI=1S/C21H31N5OS/c1-6-21(4,5)22-18(27)16(3)28-20-24-23-19(25-13-7-8-14-25)26(20)17-11-9-15(2)10-12-17/h9-12,16H,6-8,13-14H2,1-5H3,(H,22,27). The fourth-order valence-electron chi connectivity index (χ4n) is 3.12. The summed E-state index contributed by atoms with van der Waals surface area (Å²) in [6, 6.07) is 8.37. The van der Waals surface area contributed by atoms with Gasteiger partial charge in [0, 0.05) is 18.6 Å². The van der Waals surface area contributed by atoms with Gasteiger partial charge in [-0.3, -0.25) is 9.36 Å². The van der Waals surface area contributed by atoms with Crippen molar-refractivity contribution in [3.63, 3.8) is 0 Å². The summed E-state index contributed by atoms with van der Waals surface area (Å²) in [5.41, 5.74) is 2.03. The van der Waals surface area contributed by atoms with Gasteiger partial charge in [-0.25, -0.2) is 0 Å². The van der Waals surface area contributed by atoms with Gasteiger partial charge in [0.2, 0.25) is 11.9 Å². The molecule has 2 heterocycles. The number of hydrogen-bond acceptors (Lipinski definition) is 5. The maximum absolute atomic E-state index is 12.7. The summed E-state index contributed by atoms with van der Waals surface area (Å²) in [7, 11) is 0. The van der Waals surface area contributed by atoms with Gasteiger partial charge in [0.15, 0.2) is 5.16 Å². The summed E-state index contributed by atoms with van der Waals surface area (Å²) in [4.78, 5) is 15.0. The summed E-state index contributed by atoms with van der Waals surface area (Å²) in [5, 5.41) is 12.6.